The van der Waals surface area contributed by atoms with Crippen LogP contribution in [0.1, 0.15) is 47.1 Å². The van der Waals surface area contributed by atoms with Crippen molar-refractivity contribution in [1.29, 1.82) is 0 Å². The average molecular weight is 424 g/mol. The maximum atomic E-state index is 13.1. The molecule has 3 rings (SSSR count). The minimum Gasteiger partial charge on any atom is -0.443 e. The summed E-state index contributed by atoms with van der Waals surface area (Å²) >= 11 is 0. The van der Waals surface area contributed by atoms with E-state index in [2.05, 4.69) is 0 Å². The van der Waals surface area contributed by atoms with Crippen molar-refractivity contribution in [3.8, 4) is 11.3 Å². The molecule has 0 aliphatic rings. The van der Waals surface area contributed by atoms with Crippen LogP contribution in [0.15, 0.2) is 54.6 Å². The van der Waals surface area contributed by atoms with E-state index in [0.29, 0.717) is 5.52 Å². The zero-order valence-corrected chi connectivity index (χ0v) is 18.9. The Labute approximate surface area is 182 Å². The minimum atomic E-state index is -0.736. The number of carbonyl (C=O) groups excluding carboxylic acids is 2. The van der Waals surface area contributed by atoms with Crippen LogP contribution in [-0.4, -0.2) is 28.0 Å². The van der Waals surface area contributed by atoms with Crippen molar-refractivity contribution in [3.63, 3.8) is 0 Å². The summed E-state index contributed by atoms with van der Waals surface area (Å²) in [5.41, 5.74) is 1.78. The number of nitrogens with zero attached hydrogens (tertiary/aromatic N) is 1. The largest absolute Gasteiger partial charge is 0.509 e. The standard InChI is InChI=1S/C25H29NO5/c1-24(2,3)30-22(27)26-20-14-17(16-29-23(28)31-25(4,5)6)12-13-19(20)15-21(26)18-10-8-7-9-11-18/h7-15H,16H2,1-6H3. The lowest BCUT2D eigenvalue weighted by atomic mass is 10.1. The van der Waals surface area contributed by atoms with Crippen LogP contribution < -0.4 is 0 Å². The van der Waals surface area contributed by atoms with Crippen molar-refractivity contribution >= 4 is 23.2 Å². The fraction of sp³-hybridized carbons (Fsp3) is 0.360. The van der Waals surface area contributed by atoms with Gasteiger partial charge in [-0.1, -0.05) is 42.5 Å². The van der Waals surface area contributed by atoms with E-state index < -0.39 is 23.5 Å². The molecule has 6 nitrogen and oxygen atoms in total. The zero-order valence-electron chi connectivity index (χ0n) is 18.9. The third kappa shape index (κ3) is 5.87. The van der Waals surface area contributed by atoms with Gasteiger partial charge in [-0.15, -0.1) is 0 Å². The molecule has 0 radical (unpaired) electrons. The number of benzene rings is 2. The van der Waals surface area contributed by atoms with Crippen LogP contribution in [0.5, 0.6) is 0 Å². The number of carbonyl (C=O) groups is 2. The lowest BCUT2D eigenvalue weighted by Gasteiger charge is -2.21. The van der Waals surface area contributed by atoms with E-state index in [1.807, 2.05) is 75.4 Å². The summed E-state index contributed by atoms with van der Waals surface area (Å²) in [4.78, 5) is 25.0. The molecule has 0 unspecified atom stereocenters. The predicted molar refractivity (Wildman–Crippen MR) is 120 cm³/mol. The lowest BCUT2D eigenvalue weighted by molar-refractivity contribution is -0.0108. The van der Waals surface area contributed by atoms with Crippen molar-refractivity contribution in [2.45, 2.75) is 59.4 Å². The van der Waals surface area contributed by atoms with E-state index in [1.54, 1.807) is 25.3 Å². The molecule has 0 saturated heterocycles. The summed E-state index contributed by atoms with van der Waals surface area (Å²) in [6.45, 7) is 10.9. The monoisotopic (exact) mass is 423 g/mol. The Kier molecular flexibility index (Phi) is 6.11. The highest BCUT2D eigenvalue weighted by molar-refractivity contribution is 5.96. The molecule has 1 aromatic heterocycles. The Balaban J connectivity index is 1.99. The van der Waals surface area contributed by atoms with Crippen molar-refractivity contribution in [2.75, 3.05) is 0 Å². The third-order valence-electron chi connectivity index (χ3n) is 4.26. The molecule has 6 heteroatoms. The van der Waals surface area contributed by atoms with Gasteiger partial charge in [-0.25, -0.2) is 14.2 Å². The van der Waals surface area contributed by atoms with Crippen molar-refractivity contribution in [2.24, 2.45) is 0 Å². The normalized spacial score (nSPS) is 11.9. The van der Waals surface area contributed by atoms with Crippen LogP contribution in [-0.2, 0) is 20.8 Å². The van der Waals surface area contributed by atoms with E-state index in [4.69, 9.17) is 14.2 Å². The van der Waals surface area contributed by atoms with Gasteiger partial charge in [-0.3, -0.25) is 0 Å². The molecule has 0 aliphatic heterocycles. The molecular weight excluding hydrogens is 394 g/mol. The summed E-state index contributed by atoms with van der Waals surface area (Å²) in [6, 6.07) is 17.2. The van der Waals surface area contributed by atoms with Crippen molar-refractivity contribution in [1.82, 2.24) is 4.57 Å². The number of hydrogen-bond donors (Lipinski definition) is 0. The summed E-state index contributed by atoms with van der Waals surface area (Å²) in [5.74, 6) is 0. The molecule has 164 valence electrons. The number of ether oxygens (including phenoxy) is 3. The summed E-state index contributed by atoms with van der Waals surface area (Å²) in [6.07, 6.45) is -1.20. The Morgan fingerprint density at radius 1 is 0.839 bits per heavy atom. The Morgan fingerprint density at radius 3 is 2.10 bits per heavy atom. The second-order valence-corrected chi connectivity index (χ2v) is 9.36. The van der Waals surface area contributed by atoms with Gasteiger partial charge in [-0.2, -0.15) is 0 Å². The zero-order chi connectivity index (χ0) is 22.8. The van der Waals surface area contributed by atoms with Gasteiger partial charge < -0.3 is 14.2 Å². The quantitative estimate of drug-likeness (QED) is 0.447. The van der Waals surface area contributed by atoms with Gasteiger partial charge in [0.2, 0.25) is 0 Å². The molecular formula is C25H29NO5. The fourth-order valence-corrected chi connectivity index (χ4v) is 3.08. The molecule has 0 aliphatic carbocycles. The highest BCUT2D eigenvalue weighted by Crippen LogP contribution is 2.30. The first kappa shape index (κ1) is 22.4. The molecule has 0 saturated carbocycles. The smallest absolute Gasteiger partial charge is 0.443 e. The Hall–Kier alpha value is -3.28. The van der Waals surface area contributed by atoms with Gasteiger partial charge in [0.05, 0.1) is 11.2 Å². The predicted octanol–water partition coefficient (Wildman–Crippen LogP) is 6.54. The van der Waals surface area contributed by atoms with E-state index >= 15 is 0 Å². The van der Waals surface area contributed by atoms with Crippen LogP contribution >= 0.6 is 0 Å². The van der Waals surface area contributed by atoms with E-state index in [1.165, 1.54) is 0 Å². The molecule has 0 N–H and O–H groups in total. The third-order valence-corrected chi connectivity index (χ3v) is 4.26. The number of hydrogen-bond acceptors (Lipinski definition) is 5. The van der Waals surface area contributed by atoms with Crippen LogP contribution in [0.2, 0.25) is 0 Å². The summed E-state index contributed by atoms with van der Waals surface area (Å²) in [5, 5.41) is 0.880. The molecule has 0 fully saturated rings. The number of aromatic nitrogens is 1. The van der Waals surface area contributed by atoms with Crippen molar-refractivity contribution < 1.29 is 23.8 Å². The highest BCUT2D eigenvalue weighted by atomic mass is 16.7. The lowest BCUT2D eigenvalue weighted by Crippen LogP contribution is -2.27. The Bertz CT molecular complexity index is 1080. The molecule has 2 aromatic carbocycles. The van der Waals surface area contributed by atoms with Gasteiger partial charge in [0.1, 0.15) is 17.8 Å². The number of rotatable bonds is 3. The second kappa shape index (κ2) is 8.46. The maximum absolute atomic E-state index is 13.1. The maximum Gasteiger partial charge on any atom is 0.509 e. The average Bonchev–Trinajstić information content (AvgIpc) is 3.03. The summed E-state index contributed by atoms with van der Waals surface area (Å²) < 4.78 is 17.7. The second-order valence-electron chi connectivity index (χ2n) is 9.36. The van der Waals surface area contributed by atoms with Gasteiger partial charge in [-0.05, 0) is 64.8 Å². The van der Waals surface area contributed by atoms with Crippen LogP contribution in [0.25, 0.3) is 22.2 Å². The van der Waals surface area contributed by atoms with Crippen LogP contribution in [0.3, 0.4) is 0 Å². The molecule has 31 heavy (non-hydrogen) atoms. The first-order chi connectivity index (χ1) is 14.4. The summed E-state index contributed by atoms with van der Waals surface area (Å²) in [7, 11) is 0. The van der Waals surface area contributed by atoms with Gasteiger partial charge in [0.15, 0.2) is 0 Å². The van der Waals surface area contributed by atoms with Gasteiger partial charge in [0.25, 0.3) is 0 Å². The minimum absolute atomic E-state index is 0.0328. The van der Waals surface area contributed by atoms with Gasteiger partial charge >= 0.3 is 12.2 Å². The van der Waals surface area contributed by atoms with Crippen molar-refractivity contribution in [3.05, 3.63) is 60.2 Å². The first-order valence-corrected chi connectivity index (χ1v) is 10.2. The molecule has 0 amide bonds. The first-order valence-electron chi connectivity index (χ1n) is 10.2. The molecule has 0 atom stereocenters. The Morgan fingerprint density at radius 2 is 1.48 bits per heavy atom. The number of fused-ring (bicyclic) bond motifs is 1. The van der Waals surface area contributed by atoms with Crippen LogP contribution in [0, 0.1) is 0 Å². The molecule has 3 aromatic rings. The fourth-order valence-electron chi connectivity index (χ4n) is 3.08. The SMILES string of the molecule is CC(C)(C)OC(=O)OCc1ccc2cc(-c3ccccc3)n(C(=O)OC(C)(C)C)c2c1. The molecule has 1 heterocycles. The van der Waals surface area contributed by atoms with Gasteiger partial charge in [0, 0.05) is 5.39 Å². The van der Waals surface area contributed by atoms with Crippen LogP contribution in [0.4, 0.5) is 9.59 Å². The highest BCUT2D eigenvalue weighted by Gasteiger charge is 2.23. The van der Waals surface area contributed by atoms with E-state index in [9.17, 15) is 9.59 Å². The molecule has 0 spiro atoms. The topological polar surface area (TPSA) is 66.8 Å². The van der Waals surface area contributed by atoms with E-state index in [0.717, 1.165) is 22.2 Å². The van der Waals surface area contributed by atoms with E-state index in [-0.39, 0.29) is 6.61 Å². The molecule has 0 bridgehead atoms.